The van der Waals surface area contributed by atoms with Crippen molar-refractivity contribution in [1.29, 1.82) is 0 Å². The van der Waals surface area contributed by atoms with Crippen LogP contribution in [0, 0.1) is 113 Å². The average molecular weight is 1240 g/mol. The summed E-state index contributed by atoms with van der Waals surface area (Å²) in [6.07, 6.45) is 24.2. The Hall–Kier alpha value is 0.326. The van der Waals surface area contributed by atoms with Gasteiger partial charge in [0.15, 0.2) is 22.2 Å². The predicted molar refractivity (Wildman–Crippen MR) is 358 cm³/mol. The quantitative estimate of drug-likeness (QED) is 0.153. The zero-order chi connectivity index (χ0) is 62.0. The SMILES string of the molecule is C1CCOC1.CC[Si](CC)(CC)O[C@H]1[C@H]2O[C@@](C)(C(=O)OC)C[C@@H](C)C2[C@@]2(C)CC[C@@]34CC35CC[C@H](C)C(C)(C)[C@@H]5CC[C@H]4[C@]12C.CC[Si](CC)(CC)O[C@H]1[C@H]2O[C@@](C)(CO)C[C@@H](C)C2[C@@]2(C)CC[C@@]34CC35CC[C@H](C)C(C)(C)[C@@H]5CC[C@H]4[C@]12C.[B].[H-].[Li+]. The number of aliphatic hydroxyl groups is 1. The summed E-state index contributed by atoms with van der Waals surface area (Å²) in [6.45, 7) is 51.7. The van der Waals surface area contributed by atoms with Gasteiger partial charge in [-0.2, -0.15) is 0 Å². The molecule has 0 amide bonds. The standard InChI is InChI=1S/C36H62O4Si.C35H62O3Si.C4H8O.B.Li.H/c1-12-41(13-2,14-3)40-29-28-27(23(4)21-33(9,39-28)30(37)38-11)32(8)19-20-36-22-35(36)18-17-24(5)31(6,7)25(35)15-16-26(36)34(29,32)10;1-11-39(12-2,13-3)38-29-28-27(23(4)20-31(8,22-36)37-28)32(9)18-19-35-21-34(35)17-16-24(5)30(6,7)25(34)14-15-26(35)33(29,32)10;1-2-4-5-3-1;;;/h23-29H,12-22H2,1-11H3;23-29,36H,11-22H2,1-10H3;1-4H2;;;/q;;;;+1;-1/t23-,24+,25+,26+,27?,28+,29+,32-,33-,34-,35?,36+;23-,24+,25+,26+,27?,28+,29+,31-,32-,33-,34?,35+;;;;/m11..../s1. The van der Waals surface area contributed by atoms with Gasteiger partial charge in [0.1, 0.15) is 0 Å². The number of aliphatic hydroxyl groups excluding tert-OH is 1. The zero-order valence-electron chi connectivity index (χ0n) is 61.6. The van der Waals surface area contributed by atoms with Gasteiger partial charge in [-0.3, -0.25) is 0 Å². The molecule has 3 aliphatic heterocycles. The van der Waals surface area contributed by atoms with Crippen LogP contribution in [0.3, 0.4) is 0 Å². The molecule has 3 saturated heterocycles. The van der Waals surface area contributed by atoms with Crippen molar-refractivity contribution in [3.8, 4) is 0 Å². The number of fused-ring (bicyclic) bond motifs is 8. The van der Waals surface area contributed by atoms with Crippen LogP contribution < -0.4 is 18.9 Å². The van der Waals surface area contributed by atoms with E-state index in [2.05, 4.69) is 132 Å². The summed E-state index contributed by atoms with van der Waals surface area (Å²) in [7, 11) is -2.31. The Morgan fingerprint density at radius 3 is 1.25 bits per heavy atom. The predicted octanol–water partition coefficient (Wildman–Crippen LogP) is 15.4. The molecule has 12 heteroatoms. The first-order valence-electron chi connectivity index (χ1n) is 36.8. The Morgan fingerprint density at radius 1 is 0.529 bits per heavy atom. The molecular weight excluding hydrogens is 1100 g/mol. The molecule has 0 aromatic heterocycles. The molecule has 10 saturated carbocycles. The number of rotatable bonds is 12. The molecule has 4 unspecified atom stereocenters. The van der Waals surface area contributed by atoms with Gasteiger partial charge < -0.3 is 34.3 Å². The number of methoxy groups -OCH3 is 1. The number of hydrogen-bond acceptors (Lipinski definition) is 8. The molecule has 3 heterocycles. The smallest absolute Gasteiger partial charge is 1.00 e. The minimum Gasteiger partial charge on any atom is -1.00 e. The Bertz CT molecular complexity index is 2450. The summed E-state index contributed by atoms with van der Waals surface area (Å²) in [6, 6.07) is 7.04. The maximum Gasteiger partial charge on any atom is 1.00 e. The third-order valence-electron chi connectivity index (χ3n) is 33.5. The van der Waals surface area contributed by atoms with Crippen molar-refractivity contribution in [1.82, 2.24) is 0 Å². The van der Waals surface area contributed by atoms with Crippen molar-refractivity contribution in [2.75, 3.05) is 26.9 Å². The van der Waals surface area contributed by atoms with Crippen molar-refractivity contribution >= 4 is 31.0 Å². The second-order valence-corrected chi connectivity index (χ2v) is 45.5. The van der Waals surface area contributed by atoms with Gasteiger partial charge >= 0.3 is 24.8 Å². The van der Waals surface area contributed by atoms with Crippen LogP contribution in [0.25, 0.3) is 0 Å². The van der Waals surface area contributed by atoms with E-state index in [0.29, 0.717) is 62.1 Å². The normalized spacial score (nSPS) is 51.4. The van der Waals surface area contributed by atoms with Gasteiger partial charge in [-0.1, -0.05) is 125 Å². The number of hydrogen-bond donors (Lipinski definition) is 1. The van der Waals surface area contributed by atoms with Crippen LogP contribution in [-0.4, -0.2) is 98.7 Å². The maximum absolute atomic E-state index is 13.2. The summed E-state index contributed by atoms with van der Waals surface area (Å²) in [5, 5.41) is 10.5. The molecule has 87 heavy (non-hydrogen) atoms. The Morgan fingerprint density at radius 2 is 0.897 bits per heavy atom. The molecule has 10 aliphatic carbocycles. The molecule has 493 valence electrons. The third-order valence-corrected chi connectivity index (χ3v) is 42.7. The summed E-state index contributed by atoms with van der Waals surface area (Å²) >= 11 is 0. The molecule has 0 bridgehead atoms. The van der Waals surface area contributed by atoms with E-state index >= 15 is 0 Å². The molecular formula is C75H133BLiO8Si2. The number of ether oxygens (including phenoxy) is 4. The van der Waals surface area contributed by atoms with E-state index in [1.807, 2.05) is 6.92 Å². The maximum atomic E-state index is 13.2. The van der Waals surface area contributed by atoms with Crippen LogP contribution in [0.5, 0.6) is 0 Å². The summed E-state index contributed by atoms with van der Waals surface area (Å²) < 4.78 is 40.1. The van der Waals surface area contributed by atoms with Crippen LogP contribution in [0.15, 0.2) is 0 Å². The van der Waals surface area contributed by atoms with E-state index in [0.717, 1.165) is 73.8 Å². The largest absolute Gasteiger partial charge is 1.00 e. The van der Waals surface area contributed by atoms with E-state index in [4.69, 9.17) is 27.8 Å². The first-order chi connectivity index (χ1) is 39.8. The van der Waals surface area contributed by atoms with Crippen molar-refractivity contribution in [2.24, 2.45) is 113 Å². The summed E-state index contributed by atoms with van der Waals surface area (Å²) in [4.78, 5) is 13.2. The summed E-state index contributed by atoms with van der Waals surface area (Å²) in [5.41, 5.74) is 2.23. The van der Waals surface area contributed by atoms with Gasteiger partial charge in [-0.25, -0.2) is 4.79 Å². The fraction of sp³-hybridized carbons (Fsp3) is 0.987. The number of carbonyl (C=O) groups excluding carboxylic acids is 1. The number of carbonyl (C=O) groups is 1. The summed E-state index contributed by atoms with van der Waals surface area (Å²) in [5.74, 6) is 6.51. The Kier molecular flexibility index (Phi) is 19.6. The molecule has 13 rings (SSSR count). The first-order valence-corrected chi connectivity index (χ1v) is 41.9. The van der Waals surface area contributed by atoms with Gasteiger partial charge in [0, 0.05) is 32.5 Å². The van der Waals surface area contributed by atoms with E-state index in [1.54, 1.807) is 0 Å². The van der Waals surface area contributed by atoms with E-state index in [-0.39, 0.29) is 87.4 Å². The molecule has 1 N–H and O–H groups in total. The number of esters is 1. The molecule has 3 radical (unpaired) electrons. The first kappa shape index (κ1) is 71.6. The van der Waals surface area contributed by atoms with Gasteiger partial charge in [0.25, 0.3) is 0 Å². The molecule has 0 aromatic rings. The van der Waals surface area contributed by atoms with Gasteiger partial charge in [-0.05, 0) is 268 Å². The Labute approximate surface area is 551 Å². The Balaban J connectivity index is 0.000000204. The topological polar surface area (TPSA) is 92.7 Å². The van der Waals surface area contributed by atoms with E-state index < -0.39 is 27.8 Å². The fourth-order valence-electron chi connectivity index (χ4n) is 27.5. The van der Waals surface area contributed by atoms with Crippen LogP contribution in [-0.2, 0) is 32.6 Å². The van der Waals surface area contributed by atoms with Crippen molar-refractivity contribution < 1.29 is 58.0 Å². The van der Waals surface area contributed by atoms with Gasteiger partial charge in [0.05, 0.1) is 43.7 Å². The minimum atomic E-state index is -1.95. The second-order valence-electron chi connectivity index (χ2n) is 36.1. The molecule has 0 aromatic carbocycles. The molecule has 4 spiro atoms. The zero-order valence-corrected chi connectivity index (χ0v) is 62.6. The monoisotopic (exact) mass is 1240 g/mol. The van der Waals surface area contributed by atoms with Crippen molar-refractivity contribution in [2.45, 2.75) is 326 Å². The van der Waals surface area contributed by atoms with Crippen molar-refractivity contribution in [3.63, 3.8) is 0 Å². The second kappa shape index (κ2) is 23.9. The third kappa shape index (κ3) is 9.64. The van der Waals surface area contributed by atoms with Crippen LogP contribution in [0.4, 0.5) is 0 Å². The minimum absolute atomic E-state index is 0. The van der Waals surface area contributed by atoms with Gasteiger partial charge in [-0.15, -0.1) is 0 Å². The average Bonchev–Trinajstić information content (AvgIpc) is 1.56. The fourth-order valence-corrected chi connectivity index (χ4v) is 33.4. The molecule has 13 fully saturated rings. The molecule has 13 aliphatic rings. The van der Waals surface area contributed by atoms with Crippen LogP contribution >= 0.6 is 0 Å². The van der Waals surface area contributed by atoms with Gasteiger partial charge in [0.2, 0.25) is 0 Å². The van der Waals surface area contributed by atoms with Crippen molar-refractivity contribution in [3.05, 3.63) is 0 Å². The van der Waals surface area contributed by atoms with Crippen LogP contribution in [0.2, 0.25) is 36.3 Å². The van der Waals surface area contributed by atoms with Crippen LogP contribution in [0.1, 0.15) is 255 Å². The van der Waals surface area contributed by atoms with E-state index in [9.17, 15) is 9.90 Å². The molecule has 24 atom stereocenters. The molecule has 8 nitrogen and oxygen atoms in total. The van der Waals surface area contributed by atoms with E-state index in [1.165, 1.54) is 128 Å².